The highest BCUT2D eigenvalue weighted by molar-refractivity contribution is 4.74. The summed E-state index contributed by atoms with van der Waals surface area (Å²) in [6.07, 6.45) is 11.3. The molecule has 0 aromatic rings. The molecule has 2 N–H and O–H groups in total. The quantitative estimate of drug-likeness (QED) is 0.301. The van der Waals surface area contributed by atoms with Crippen LogP contribution in [0.1, 0.15) is 91.9 Å². The van der Waals surface area contributed by atoms with Crippen LogP contribution in [0.2, 0.25) is 0 Å². The number of nitrogens with zero attached hydrogens (tertiary/aromatic N) is 1. The number of rotatable bonds is 13. The molecule has 1 atom stereocenters. The second kappa shape index (κ2) is 11.4. The molecule has 0 spiro atoms. The average Bonchev–Trinajstić information content (AvgIpc) is 2.39. The molecule has 128 valence electrons. The highest BCUT2D eigenvalue weighted by Gasteiger charge is 2.23. The Balaban J connectivity index is 3.56. The summed E-state index contributed by atoms with van der Waals surface area (Å²) in [5.41, 5.74) is 0. The summed E-state index contributed by atoms with van der Waals surface area (Å²) in [4.78, 5) is 0. The molecule has 0 saturated heterocycles. The van der Waals surface area contributed by atoms with Gasteiger partial charge in [0.1, 0.15) is 0 Å². The minimum Gasteiger partial charge on any atom is -0.781 e. The topological polar surface area (TPSA) is 66.8 Å². The van der Waals surface area contributed by atoms with Gasteiger partial charge in [0.05, 0.1) is 0 Å². The van der Waals surface area contributed by atoms with Gasteiger partial charge < -0.3 is 20.5 Å². The Labute approximate surface area is 131 Å². The monoisotopic (exact) mass is 302 g/mol. The first-order chi connectivity index (χ1) is 9.79. The molecule has 1 unspecified atom stereocenters. The molecule has 0 rings (SSSR count). The van der Waals surface area contributed by atoms with Crippen molar-refractivity contribution in [2.24, 2.45) is 5.92 Å². The Morgan fingerprint density at radius 1 is 0.905 bits per heavy atom. The predicted octanol–water partition coefficient (Wildman–Crippen LogP) is 4.39. The van der Waals surface area contributed by atoms with Crippen molar-refractivity contribution in [3.63, 3.8) is 0 Å². The standard InChI is InChI=1S/C17H36NO3/c1-5-16(18(21)17(4,19)20)14-12-10-8-6-7-9-11-13-15(2)3/h15-16,19-20H,5-14H2,1-4H3/q-1. The van der Waals surface area contributed by atoms with E-state index in [2.05, 4.69) is 13.8 Å². The van der Waals surface area contributed by atoms with E-state index in [0.717, 1.165) is 32.1 Å². The van der Waals surface area contributed by atoms with Gasteiger partial charge in [0, 0.05) is 13.0 Å². The van der Waals surface area contributed by atoms with Gasteiger partial charge >= 0.3 is 0 Å². The molecule has 0 aliphatic rings. The smallest absolute Gasteiger partial charge is 0.210 e. The first-order valence-electron chi connectivity index (χ1n) is 8.70. The normalized spacial score (nSPS) is 14.1. The van der Waals surface area contributed by atoms with E-state index in [-0.39, 0.29) is 6.04 Å². The lowest BCUT2D eigenvalue weighted by molar-refractivity contribution is -0.245. The lowest BCUT2D eigenvalue weighted by Gasteiger charge is -2.44. The lowest BCUT2D eigenvalue weighted by Crippen LogP contribution is -2.48. The molecule has 4 nitrogen and oxygen atoms in total. The van der Waals surface area contributed by atoms with Crippen LogP contribution in [0.3, 0.4) is 0 Å². The van der Waals surface area contributed by atoms with E-state index in [4.69, 9.17) is 0 Å². The molecule has 0 bridgehead atoms. The van der Waals surface area contributed by atoms with Gasteiger partial charge in [-0.2, -0.15) is 0 Å². The van der Waals surface area contributed by atoms with Gasteiger partial charge in [-0.15, -0.1) is 0 Å². The Kier molecular flexibility index (Phi) is 11.3. The third-order valence-electron chi connectivity index (χ3n) is 4.04. The van der Waals surface area contributed by atoms with Crippen LogP contribution >= 0.6 is 0 Å². The second-order valence-corrected chi connectivity index (χ2v) is 6.80. The molecule has 0 aliphatic heterocycles. The second-order valence-electron chi connectivity index (χ2n) is 6.80. The molecule has 0 aromatic heterocycles. The van der Waals surface area contributed by atoms with Gasteiger partial charge in [0.2, 0.25) is 5.91 Å². The van der Waals surface area contributed by atoms with Crippen molar-refractivity contribution in [2.45, 2.75) is 104 Å². The van der Waals surface area contributed by atoms with Crippen LogP contribution in [0.15, 0.2) is 0 Å². The number of hydrogen-bond acceptors (Lipinski definition) is 4. The number of hydrogen-bond donors (Lipinski definition) is 2. The summed E-state index contributed by atoms with van der Waals surface area (Å²) in [5, 5.41) is 30.8. The Hall–Kier alpha value is -0.160. The highest BCUT2D eigenvalue weighted by Crippen LogP contribution is 2.19. The number of hydroxylamine groups is 2. The van der Waals surface area contributed by atoms with E-state index in [9.17, 15) is 15.4 Å². The first-order valence-corrected chi connectivity index (χ1v) is 8.70. The number of aliphatic hydroxyl groups is 2. The van der Waals surface area contributed by atoms with Crippen LogP contribution in [0.4, 0.5) is 0 Å². The van der Waals surface area contributed by atoms with Crippen LogP contribution in [-0.2, 0) is 0 Å². The molecule has 0 radical (unpaired) electrons. The molecule has 0 aliphatic carbocycles. The van der Waals surface area contributed by atoms with Gasteiger partial charge in [0.25, 0.3) is 0 Å². The molecular weight excluding hydrogens is 266 g/mol. The highest BCUT2D eigenvalue weighted by atomic mass is 16.6. The summed E-state index contributed by atoms with van der Waals surface area (Å²) in [6.45, 7) is 7.58. The third-order valence-corrected chi connectivity index (χ3v) is 4.04. The summed E-state index contributed by atoms with van der Waals surface area (Å²) in [5.74, 6) is -1.44. The van der Waals surface area contributed by atoms with Gasteiger partial charge in [-0.25, -0.2) is 0 Å². The molecular formula is C17H36NO3-. The van der Waals surface area contributed by atoms with Crippen molar-refractivity contribution < 1.29 is 10.2 Å². The summed E-state index contributed by atoms with van der Waals surface area (Å²) in [6, 6.07) is -0.295. The molecule has 0 saturated carbocycles. The van der Waals surface area contributed by atoms with Gasteiger partial charge in [0.15, 0.2) is 0 Å². The fourth-order valence-corrected chi connectivity index (χ4v) is 2.65. The van der Waals surface area contributed by atoms with Crippen LogP contribution in [0, 0.1) is 11.1 Å². The molecule has 21 heavy (non-hydrogen) atoms. The fourth-order valence-electron chi connectivity index (χ4n) is 2.65. The SMILES string of the molecule is CCC(CCCCCCCCCC(C)C)N([O-])C(C)(O)O. The summed E-state index contributed by atoms with van der Waals surface area (Å²) >= 11 is 0. The molecule has 0 amide bonds. The van der Waals surface area contributed by atoms with Crippen molar-refractivity contribution in [3.8, 4) is 0 Å². The summed E-state index contributed by atoms with van der Waals surface area (Å²) < 4.78 is 0. The minimum atomic E-state index is -2.25. The maximum atomic E-state index is 11.7. The van der Waals surface area contributed by atoms with Crippen LogP contribution < -0.4 is 0 Å². The Morgan fingerprint density at radius 3 is 1.71 bits per heavy atom. The van der Waals surface area contributed by atoms with Crippen molar-refractivity contribution >= 4 is 0 Å². The van der Waals surface area contributed by atoms with Gasteiger partial charge in [-0.1, -0.05) is 72.1 Å². The van der Waals surface area contributed by atoms with Crippen LogP contribution in [-0.4, -0.2) is 27.2 Å². The van der Waals surface area contributed by atoms with E-state index in [0.29, 0.717) is 11.5 Å². The zero-order valence-electron chi connectivity index (χ0n) is 14.5. The van der Waals surface area contributed by atoms with E-state index >= 15 is 0 Å². The first kappa shape index (κ1) is 20.8. The molecule has 0 heterocycles. The largest absolute Gasteiger partial charge is 0.781 e. The van der Waals surface area contributed by atoms with Crippen molar-refractivity contribution in [1.82, 2.24) is 5.06 Å². The van der Waals surface area contributed by atoms with E-state index in [1.54, 1.807) is 0 Å². The molecule has 4 heteroatoms. The van der Waals surface area contributed by atoms with E-state index < -0.39 is 5.91 Å². The maximum Gasteiger partial charge on any atom is 0.210 e. The Morgan fingerprint density at radius 2 is 1.33 bits per heavy atom. The van der Waals surface area contributed by atoms with Crippen molar-refractivity contribution in [1.29, 1.82) is 0 Å². The van der Waals surface area contributed by atoms with Crippen molar-refractivity contribution in [2.75, 3.05) is 0 Å². The average molecular weight is 302 g/mol. The van der Waals surface area contributed by atoms with E-state index in [1.807, 2.05) is 6.92 Å². The van der Waals surface area contributed by atoms with Gasteiger partial charge in [-0.3, -0.25) is 0 Å². The lowest BCUT2D eigenvalue weighted by atomic mass is 10.0. The van der Waals surface area contributed by atoms with Gasteiger partial charge in [-0.05, 0) is 18.8 Å². The van der Waals surface area contributed by atoms with Crippen molar-refractivity contribution in [3.05, 3.63) is 5.21 Å². The summed E-state index contributed by atoms with van der Waals surface area (Å²) in [7, 11) is 0. The van der Waals surface area contributed by atoms with E-state index in [1.165, 1.54) is 38.5 Å². The zero-order valence-corrected chi connectivity index (χ0v) is 14.5. The maximum absolute atomic E-state index is 11.7. The third kappa shape index (κ3) is 11.1. The predicted molar refractivity (Wildman–Crippen MR) is 88.5 cm³/mol. The Bertz CT molecular complexity index is 239. The van der Waals surface area contributed by atoms with Crippen LogP contribution in [0.25, 0.3) is 0 Å². The van der Waals surface area contributed by atoms with Crippen LogP contribution in [0.5, 0.6) is 0 Å². The minimum absolute atomic E-state index is 0.295. The molecule has 0 fully saturated rings. The molecule has 0 aromatic carbocycles. The zero-order chi connectivity index (χ0) is 16.3. The fraction of sp³-hybridized carbons (Fsp3) is 1.00. The number of unbranched alkanes of at least 4 members (excludes halogenated alkanes) is 6.